The average molecular weight is 405 g/mol. The van der Waals surface area contributed by atoms with E-state index in [1.54, 1.807) is 17.9 Å². The monoisotopic (exact) mass is 405 g/mol. The van der Waals surface area contributed by atoms with Crippen molar-refractivity contribution in [1.82, 2.24) is 25.0 Å². The standard InChI is InChI=1S/C22H24N6O2/c1-16(17-9-11-19(12-10-17)28-14-23-13-24-28)26(3)15-27-20(29)22(2,25-21(27)30)18-7-5-4-6-8-18/h4-14,16H,15H2,1-3H3,(H,25,30)/p+1/t16-,22+/m0/s1. The summed E-state index contributed by atoms with van der Waals surface area (Å²) in [6.45, 7) is 4.11. The molecule has 8 heteroatoms. The predicted octanol–water partition coefficient (Wildman–Crippen LogP) is 1.27. The van der Waals surface area contributed by atoms with Gasteiger partial charge in [-0.25, -0.2) is 19.4 Å². The fourth-order valence-electron chi connectivity index (χ4n) is 3.74. The first-order chi connectivity index (χ1) is 14.4. The summed E-state index contributed by atoms with van der Waals surface area (Å²) in [6, 6.07) is 17.1. The van der Waals surface area contributed by atoms with E-state index in [1.807, 2.05) is 61.6 Å². The summed E-state index contributed by atoms with van der Waals surface area (Å²) < 4.78 is 1.70. The number of nitrogens with zero attached hydrogens (tertiary/aromatic N) is 4. The molecule has 1 aliphatic heterocycles. The third-order valence-electron chi connectivity index (χ3n) is 5.85. The van der Waals surface area contributed by atoms with Crippen LogP contribution in [0.1, 0.15) is 31.0 Å². The van der Waals surface area contributed by atoms with Crippen molar-refractivity contribution in [3.8, 4) is 5.69 Å². The van der Waals surface area contributed by atoms with Crippen molar-refractivity contribution in [2.24, 2.45) is 0 Å². The molecule has 1 fully saturated rings. The lowest BCUT2D eigenvalue weighted by Crippen LogP contribution is -3.10. The average Bonchev–Trinajstić information content (AvgIpc) is 3.38. The van der Waals surface area contributed by atoms with Crippen LogP contribution in [0.5, 0.6) is 0 Å². The number of rotatable bonds is 6. The first-order valence-corrected chi connectivity index (χ1v) is 9.87. The lowest BCUT2D eigenvalue weighted by atomic mass is 9.92. The Morgan fingerprint density at radius 1 is 1.10 bits per heavy atom. The highest BCUT2D eigenvalue weighted by Crippen LogP contribution is 2.28. The third-order valence-corrected chi connectivity index (χ3v) is 5.85. The Morgan fingerprint density at radius 3 is 2.43 bits per heavy atom. The Kier molecular flexibility index (Phi) is 5.09. The van der Waals surface area contributed by atoms with Crippen LogP contribution < -0.4 is 10.2 Å². The second kappa shape index (κ2) is 7.72. The molecule has 4 rings (SSSR count). The molecule has 3 aromatic rings. The summed E-state index contributed by atoms with van der Waals surface area (Å²) in [7, 11) is 1.98. The van der Waals surface area contributed by atoms with Gasteiger partial charge in [0.2, 0.25) is 0 Å². The van der Waals surface area contributed by atoms with E-state index in [0.717, 1.165) is 21.7 Å². The van der Waals surface area contributed by atoms with Gasteiger partial charge in [-0.15, -0.1) is 0 Å². The van der Waals surface area contributed by atoms with E-state index in [9.17, 15) is 9.59 Å². The summed E-state index contributed by atoms with van der Waals surface area (Å²) in [5.41, 5.74) is 1.77. The molecule has 0 aliphatic carbocycles. The molecule has 2 heterocycles. The number of nitrogens with one attached hydrogen (secondary N) is 2. The zero-order valence-corrected chi connectivity index (χ0v) is 17.2. The Bertz CT molecular complexity index is 1040. The highest BCUT2D eigenvalue weighted by molar-refractivity contribution is 6.07. The number of amides is 3. The van der Waals surface area contributed by atoms with Crippen molar-refractivity contribution in [2.75, 3.05) is 13.7 Å². The van der Waals surface area contributed by atoms with E-state index in [1.165, 1.54) is 11.2 Å². The Morgan fingerprint density at radius 2 is 1.80 bits per heavy atom. The van der Waals surface area contributed by atoms with E-state index in [-0.39, 0.29) is 24.6 Å². The van der Waals surface area contributed by atoms with Gasteiger partial charge < -0.3 is 10.2 Å². The van der Waals surface area contributed by atoms with Gasteiger partial charge in [0.15, 0.2) is 6.67 Å². The van der Waals surface area contributed by atoms with E-state index in [2.05, 4.69) is 22.3 Å². The molecule has 8 nitrogen and oxygen atoms in total. The van der Waals surface area contributed by atoms with Gasteiger partial charge >= 0.3 is 6.03 Å². The molecule has 1 aliphatic rings. The number of quaternary nitrogens is 1. The predicted molar refractivity (Wildman–Crippen MR) is 111 cm³/mol. The smallest absolute Gasteiger partial charge is 0.319 e. The zero-order valence-electron chi connectivity index (χ0n) is 17.2. The quantitative estimate of drug-likeness (QED) is 0.605. The van der Waals surface area contributed by atoms with Crippen molar-refractivity contribution >= 4 is 11.9 Å². The molecule has 0 bridgehead atoms. The van der Waals surface area contributed by atoms with Crippen molar-refractivity contribution in [1.29, 1.82) is 0 Å². The lowest BCUT2D eigenvalue weighted by Gasteiger charge is -2.26. The van der Waals surface area contributed by atoms with Crippen molar-refractivity contribution in [2.45, 2.75) is 25.4 Å². The number of carbonyl (C=O) groups is 2. The molecular weight excluding hydrogens is 380 g/mol. The van der Waals surface area contributed by atoms with Gasteiger partial charge in [0.05, 0.1) is 12.7 Å². The number of carbonyl (C=O) groups excluding carboxylic acids is 2. The van der Waals surface area contributed by atoms with Gasteiger partial charge in [0, 0.05) is 5.56 Å². The number of imide groups is 1. The van der Waals surface area contributed by atoms with Gasteiger partial charge in [-0.05, 0) is 31.5 Å². The van der Waals surface area contributed by atoms with Crippen LogP contribution in [0.25, 0.3) is 5.69 Å². The molecule has 0 radical (unpaired) electrons. The number of urea groups is 1. The minimum Gasteiger partial charge on any atom is -0.319 e. The number of hydrogen-bond acceptors (Lipinski definition) is 4. The number of aromatic nitrogens is 3. The number of hydrogen-bond donors (Lipinski definition) is 2. The first kappa shape index (κ1) is 19.8. The molecule has 3 amide bonds. The number of benzene rings is 2. The summed E-state index contributed by atoms with van der Waals surface area (Å²) in [4.78, 5) is 32.0. The molecule has 0 spiro atoms. The van der Waals surface area contributed by atoms with Crippen LogP contribution in [0.4, 0.5) is 4.79 Å². The molecular formula is C22H25N6O2+. The molecule has 1 unspecified atom stereocenters. The molecule has 30 heavy (non-hydrogen) atoms. The Balaban J connectivity index is 1.47. The third kappa shape index (κ3) is 3.46. The van der Waals surface area contributed by atoms with E-state index in [4.69, 9.17) is 0 Å². The largest absolute Gasteiger partial charge is 0.329 e. The van der Waals surface area contributed by atoms with Gasteiger partial charge in [-0.2, -0.15) is 5.10 Å². The second-order valence-corrected chi connectivity index (χ2v) is 7.81. The molecule has 2 aromatic carbocycles. The van der Waals surface area contributed by atoms with Gasteiger partial charge in [-0.1, -0.05) is 42.5 Å². The Hall–Kier alpha value is -3.52. The van der Waals surface area contributed by atoms with Crippen molar-refractivity contribution in [3.63, 3.8) is 0 Å². The minimum atomic E-state index is -1.04. The van der Waals surface area contributed by atoms with Crippen LogP contribution in [0, 0.1) is 0 Å². The summed E-state index contributed by atoms with van der Waals surface area (Å²) in [5, 5.41) is 6.99. The van der Waals surface area contributed by atoms with Crippen LogP contribution in [0.3, 0.4) is 0 Å². The molecule has 2 N–H and O–H groups in total. The lowest BCUT2D eigenvalue weighted by molar-refractivity contribution is -0.917. The maximum Gasteiger partial charge on any atom is 0.329 e. The van der Waals surface area contributed by atoms with E-state index >= 15 is 0 Å². The fourth-order valence-corrected chi connectivity index (χ4v) is 3.74. The van der Waals surface area contributed by atoms with Crippen LogP contribution in [-0.2, 0) is 10.3 Å². The van der Waals surface area contributed by atoms with Crippen LogP contribution >= 0.6 is 0 Å². The van der Waals surface area contributed by atoms with Crippen LogP contribution in [-0.4, -0.2) is 45.3 Å². The molecule has 1 aromatic heterocycles. The maximum atomic E-state index is 13.1. The molecule has 154 valence electrons. The molecule has 3 atom stereocenters. The van der Waals surface area contributed by atoms with Crippen molar-refractivity contribution < 1.29 is 14.5 Å². The van der Waals surface area contributed by atoms with Crippen LogP contribution in [0.2, 0.25) is 0 Å². The topological polar surface area (TPSA) is 84.6 Å². The van der Waals surface area contributed by atoms with Gasteiger partial charge in [0.25, 0.3) is 5.91 Å². The SMILES string of the molecule is C[C@@H](c1ccc(-n2cncn2)cc1)[NH+](C)CN1C(=O)N[C@](C)(c2ccccc2)C1=O. The minimum absolute atomic E-state index is 0.0824. The fraction of sp³-hybridized carbons (Fsp3) is 0.273. The van der Waals surface area contributed by atoms with E-state index < -0.39 is 5.54 Å². The summed E-state index contributed by atoms with van der Waals surface area (Å²) >= 11 is 0. The van der Waals surface area contributed by atoms with Crippen LogP contribution in [0.15, 0.2) is 67.3 Å². The first-order valence-electron chi connectivity index (χ1n) is 9.87. The highest BCUT2D eigenvalue weighted by Gasteiger charge is 2.50. The highest BCUT2D eigenvalue weighted by atomic mass is 16.2. The molecule has 0 saturated carbocycles. The summed E-state index contributed by atoms with van der Waals surface area (Å²) in [5.74, 6) is -0.230. The second-order valence-electron chi connectivity index (χ2n) is 7.81. The normalized spacial score (nSPS) is 20.8. The van der Waals surface area contributed by atoms with Gasteiger partial charge in [0.1, 0.15) is 24.2 Å². The van der Waals surface area contributed by atoms with Gasteiger partial charge in [-0.3, -0.25) is 4.79 Å². The summed E-state index contributed by atoms with van der Waals surface area (Å²) in [6.07, 6.45) is 3.15. The molecule has 1 saturated heterocycles. The Labute approximate surface area is 175 Å². The van der Waals surface area contributed by atoms with Crippen molar-refractivity contribution in [3.05, 3.63) is 78.4 Å². The van der Waals surface area contributed by atoms with E-state index in [0.29, 0.717) is 0 Å². The zero-order chi connectivity index (χ0) is 21.3. The maximum absolute atomic E-state index is 13.1.